The fraction of sp³-hybridized carbons (Fsp3) is 0.429. The van der Waals surface area contributed by atoms with E-state index < -0.39 is 36.1 Å². The predicted octanol–water partition coefficient (Wildman–Crippen LogP) is 3.83. The third-order valence-electron chi connectivity index (χ3n) is 1.66. The Labute approximate surface area is 74.7 Å². The zero-order chi connectivity index (χ0) is 10.9. The fourth-order valence-electron chi connectivity index (χ4n) is 1.07. The fourth-order valence-corrected chi connectivity index (χ4v) is 1.07. The molecule has 14 heavy (non-hydrogen) atoms. The first-order chi connectivity index (χ1) is 6.45. The molecule has 0 bridgehead atoms. The van der Waals surface area contributed by atoms with Crippen LogP contribution < -0.4 is 0 Å². The van der Waals surface area contributed by atoms with Crippen molar-refractivity contribution in [2.24, 2.45) is 0 Å². The van der Waals surface area contributed by atoms with Gasteiger partial charge in [-0.05, 0) is 0 Å². The number of hydrogen-bond donors (Lipinski definition) is 1. The Hall–Kier alpha value is -1.14. The Kier molecular flexibility index (Phi) is 3.07. The van der Waals surface area contributed by atoms with Crippen LogP contribution in [0.2, 0.25) is 0 Å². The van der Waals surface area contributed by atoms with Crippen molar-refractivity contribution >= 4 is 0 Å². The number of nitrogens with one attached hydrogen (secondary N) is 1. The summed E-state index contributed by atoms with van der Waals surface area (Å²) in [6.45, 7) is 0. The van der Waals surface area contributed by atoms with Crippen molar-refractivity contribution in [3.8, 4) is 0 Å². The molecule has 7 heteroatoms. The highest BCUT2D eigenvalue weighted by Crippen LogP contribution is 2.36. The van der Waals surface area contributed by atoms with Gasteiger partial charge < -0.3 is 4.98 Å². The Balaban J connectivity index is 3.20. The molecule has 1 aromatic heterocycles. The zero-order valence-corrected chi connectivity index (χ0v) is 6.58. The average Bonchev–Trinajstić information content (AvgIpc) is 2.46. The monoisotopic (exact) mass is 217 g/mol. The first-order valence-corrected chi connectivity index (χ1v) is 3.50. The summed E-state index contributed by atoms with van der Waals surface area (Å²) in [5.41, 5.74) is -3.51. The lowest BCUT2D eigenvalue weighted by Crippen LogP contribution is -1.96. The molecule has 0 atom stereocenters. The van der Waals surface area contributed by atoms with Crippen LogP contribution in [0.3, 0.4) is 0 Å². The molecule has 0 saturated carbocycles. The zero-order valence-electron chi connectivity index (χ0n) is 6.58. The van der Waals surface area contributed by atoms with E-state index in [1.807, 2.05) is 0 Å². The summed E-state index contributed by atoms with van der Waals surface area (Å²) in [7, 11) is 0. The molecule has 0 amide bonds. The summed E-state index contributed by atoms with van der Waals surface area (Å²) in [5.74, 6) is 0. The van der Waals surface area contributed by atoms with Gasteiger partial charge in [0.2, 0.25) is 0 Å². The van der Waals surface area contributed by atoms with E-state index in [0.717, 1.165) is 0 Å². The van der Waals surface area contributed by atoms with Gasteiger partial charge in [-0.1, -0.05) is 0 Å². The number of aromatic amines is 1. The van der Waals surface area contributed by atoms with Gasteiger partial charge in [-0.15, -0.1) is 0 Å². The molecule has 0 aromatic carbocycles. The lowest BCUT2D eigenvalue weighted by molar-refractivity contribution is 0.111. The first-order valence-electron chi connectivity index (χ1n) is 3.50. The van der Waals surface area contributed by atoms with Crippen LogP contribution in [0, 0.1) is 0 Å². The molecule has 1 N–H and O–H groups in total. The Morgan fingerprint density at radius 1 is 0.857 bits per heavy atom. The highest BCUT2D eigenvalue weighted by atomic mass is 19.3. The van der Waals surface area contributed by atoms with Crippen molar-refractivity contribution in [3.05, 3.63) is 23.0 Å². The van der Waals surface area contributed by atoms with Crippen LogP contribution in [0.15, 0.2) is 6.20 Å². The maximum atomic E-state index is 12.2. The van der Waals surface area contributed by atoms with E-state index in [0.29, 0.717) is 6.20 Å². The number of rotatable bonds is 3. The minimum atomic E-state index is -3.34. The van der Waals surface area contributed by atoms with Gasteiger partial charge in [-0.2, -0.15) is 0 Å². The molecule has 0 fully saturated rings. The van der Waals surface area contributed by atoms with Crippen LogP contribution in [-0.4, -0.2) is 4.98 Å². The third kappa shape index (κ3) is 1.85. The molecule has 0 aliphatic heterocycles. The number of H-pyrrole nitrogens is 1. The largest absolute Gasteiger partial charge is 0.359 e. The van der Waals surface area contributed by atoms with Crippen molar-refractivity contribution < 1.29 is 26.3 Å². The van der Waals surface area contributed by atoms with Crippen LogP contribution in [0.5, 0.6) is 0 Å². The second-order valence-corrected chi connectivity index (χ2v) is 2.47. The van der Waals surface area contributed by atoms with E-state index in [2.05, 4.69) is 0 Å². The van der Waals surface area contributed by atoms with E-state index in [1.165, 1.54) is 0 Å². The minimum Gasteiger partial charge on any atom is -0.359 e. The molecule has 0 radical (unpaired) electrons. The van der Waals surface area contributed by atoms with E-state index in [9.17, 15) is 26.3 Å². The Bertz CT molecular complexity index is 280. The standard InChI is InChI=1S/C7H5F6N/c8-5(9)2-1-14-4(7(12)13)3(2)6(10)11/h1,5-7,14H. The summed E-state index contributed by atoms with van der Waals surface area (Å²) in [5, 5.41) is 0. The minimum absolute atomic E-state index is 0.480. The van der Waals surface area contributed by atoms with Gasteiger partial charge in [0.15, 0.2) is 0 Å². The topological polar surface area (TPSA) is 15.8 Å². The Morgan fingerprint density at radius 3 is 1.79 bits per heavy atom. The van der Waals surface area contributed by atoms with Crippen molar-refractivity contribution in [3.63, 3.8) is 0 Å². The molecule has 1 heterocycles. The number of alkyl halides is 6. The summed E-state index contributed by atoms with van der Waals surface area (Å²) in [4.78, 5) is 1.73. The molecule has 0 saturated heterocycles. The average molecular weight is 217 g/mol. The summed E-state index contributed by atoms with van der Waals surface area (Å²) in [6.07, 6.45) is -9.27. The lowest BCUT2D eigenvalue weighted by Gasteiger charge is -2.04. The molecular weight excluding hydrogens is 212 g/mol. The van der Waals surface area contributed by atoms with Gasteiger partial charge in [-0.3, -0.25) is 0 Å². The molecule has 0 spiro atoms. The molecule has 1 nitrogen and oxygen atoms in total. The molecule has 80 valence electrons. The van der Waals surface area contributed by atoms with Crippen LogP contribution in [0.25, 0.3) is 0 Å². The van der Waals surface area contributed by atoms with E-state index in [-0.39, 0.29) is 0 Å². The number of aromatic nitrogens is 1. The van der Waals surface area contributed by atoms with Gasteiger partial charge in [-0.25, -0.2) is 26.3 Å². The van der Waals surface area contributed by atoms with Crippen LogP contribution in [0.4, 0.5) is 26.3 Å². The van der Waals surface area contributed by atoms with Crippen molar-refractivity contribution in [1.29, 1.82) is 0 Å². The summed E-state index contributed by atoms with van der Waals surface area (Å²) >= 11 is 0. The van der Waals surface area contributed by atoms with E-state index >= 15 is 0 Å². The third-order valence-corrected chi connectivity index (χ3v) is 1.66. The molecule has 0 aliphatic carbocycles. The molecule has 0 unspecified atom stereocenters. The Morgan fingerprint density at radius 2 is 1.43 bits per heavy atom. The van der Waals surface area contributed by atoms with Crippen LogP contribution >= 0.6 is 0 Å². The first kappa shape index (κ1) is 10.9. The normalized spacial score (nSPS) is 12.1. The molecule has 1 aromatic rings. The molecule has 1 rings (SSSR count). The number of halogens is 6. The van der Waals surface area contributed by atoms with Crippen LogP contribution in [0.1, 0.15) is 36.1 Å². The van der Waals surface area contributed by atoms with Crippen molar-refractivity contribution in [2.45, 2.75) is 19.3 Å². The second kappa shape index (κ2) is 3.93. The van der Waals surface area contributed by atoms with Gasteiger partial charge in [0.05, 0.1) is 11.3 Å². The SMILES string of the molecule is FC(F)c1c[nH]c(C(F)F)c1C(F)F. The number of hydrogen-bond acceptors (Lipinski definition) is 0. The smallest absolute Gasteiger partial charge is 0.278 e. The van der Waals surface area contributed by atoms with E-state index in [4.69, 9.17) is 0 Å². The van der Waals surface area contributed by atoms with Crippen molar-refractivity contribution in [1.82, 2.24) is 4.98 Å². The van der Waals surface area contributed by atoms with Crippen molar-refractivity contribution in [2.75, 3.05) is 0 Å². The molecular formula is C7H5F6N. The summed E-state index contributed by atoms with van der Waals surface area (Å²) < 4.78 is 72.6. The quantitative estimate of drug-likeness (QED) is 0.740. The van der Waals surface area contributed by atoms with Crippen LogP contribution in [-0.2, 0) is 0 Å². The van der Waals surface area contributed by atoms with Gasteiger partial charge in [0, 0.05) is 11.8 Å². The maximum Gasteiger partial charge on any atom is 0.278 e. The lowest BCUT2D eigenvalue weighted by atomic mass is 10.1. The predicted molar refractivity (Wildman–Crippen MR) is 35.7 cm³/mol. The van der Waals surface area contributed by atoms with Gasteiger partial charge >= 0.3 is 0 Å². The maximum absolute atomic E-state index is 12.2. The van der Waals surface area contributed by atoms with Gasteiger partial charge in [0.1, 0.15) is 0 Å². The summed E-state index contributed by atoms with van der Waals surface area (Å²) in [6, 6.07) is 0. The van der Waals surface area contributed by atoms with E-state index in [1.54, 1.807) is 4.98 Å². The molecule has 0 aliphatic rings. The van der Waals surface area contributed by atoms with Gasteiger partial charge in [0.25, 0.3) is 19.3 Å². The second-order valence-electron chi connectivity index (χ2n) is 2.47. The highest BCUT2D eigenvalue weighted by molar-refractivity contribution is 5.33. The highest BCUT2D eigenvalue weighted by Gasteiger charge is 2.28.